The minimum absolute atomic E-state index is 0.149. The normalized spacial score (nSPS) is 16.3. The van der Waals surface area contributed by atoms with E-state index in [2.05, 4.69) is 10.3 Å². The predicted molar refractivity (Wildman–Crippen MR) is 89.1 cm³/mol. The first-order valence-corrected chi connectivity index (χ1v) is 8.91. The van der Waals surface area contributed by atoms with Crippen molar-refractivity contribution >= 4 is 27.4 Å². The largest absolute Gasteiger partial charge is 0.307 e. The molecular weight excluding hydrogens is 314 g/mol. The van der Waals surface area contributed by atoms with Crippen molar-refractivity contribution < 1.29 is 13.2 Å². The van der Waals surface area contributed by atoms with Crippen LogP contribution in [0.25, 0.3) is 0 Å². The standard InChI is InChI=1S/C16H17N3O3S/c1-12-6-7-17-15(10-12)18-16(20)13-4-2-5-14(11-13)19-8-3-9-23(19,21)22/h2,4-7,10-11H,3,8-9H2,1H3,(H,17,18,20). The van der Waals surface area contributed by atoms with Gasteiger partial charge in [0, 0.05) is 18.3 Å². The number of amides is 1. The Balaban J connectivity index is 1.83. The first kappa shape index (κ1) is 15.5. The van der Waals surface area contributed by atoms with E-state index in [4.69, 9.17) is 0 Å². The van der Waals surface area contributed by atoms with Crippen LogP contribution in [0.4, 0.5) is 11.5 Å². The zero-order chi connectivity index (χ0) is 16.4. The van der Waals surface area contributed by atoms with Gasteiger partial charge in [-0.3, -0.25) is 9.10 Å². The van der Waals surface area contributed by atoms with Crippen LogP contribution in [-0.4, -0.2) is 31.6 Å². The second kappa shape index (κ2) is 6.00. The molecule has 0 radical (unpaired) electrons. The zero-order valence-corrected chi connectivity index (χ0v) is 13.5. The maximum atomic E-state index is 12.3. The number of anilines is 2. The van der Waals surface area contributed by atoms with Gasteiger partial charge in [0.2, 0.25) is 10.0 Å². The molecule has 1 aromatic heterocycles. The minimum Gasteiger partial charge on any atom is -0.307 e. The third kappa shape index (κ3) is 3.34. The number of hydrogen-bond donors (Lipinski definition) is 1. The summed E-state index contributed by atoms with van der Waals surface area (Å²) in [5.41, 5.74) is 1.91. The smallest absolute Gasteiger partial charge is 0.256 e. The van der Waals surface area contributed by atoms with Gasteiger partial charge in [-0.1, -0.05) is 6.07 Å². The molecule has 6 nitrogen and oxygen atoms in total. The second-order valence-corrected chi connectivity index (χ2v) is 7.48. The Hall–Kier alpha value is -2.41. The minimum atomic E-state index is -3.26. The summed E-state index contributed by atoms with van der Waals surface area (Å²) in [5.74, 6) is 0.298. The molecule has 0 atom stereocenters. The Labute approximate surface area is 135 Å². The average Bonchev–Trinajstić information content (AvgIpc) is 2.87. The molecule has 2 aromatic rings. The number of nitrogens with one attached hydrogen (secondary N) is 1. The van der Waals surface area contributed by atoms with Gasteiger partial charge in [0.25, 0.3) is 5.91 Å². The Morgan fingerprint density at radius 1 is 1.26 bits per heavy atom. The quantitative estimate of drug-likeness (QED) is 0.935. The van der Waals surface area contributed by atoms with E-state index >= 15 is 0 Å². The fraction of sp³-hybridized carbons (Fsp3) is 0.250. The molecule has 120 valence electrons. The molecule has 0 saturated carbocycles. The number of aromatic nitrogens is 1. The van der Waals surface area contributed by atoms with Gasteiger partial charge in [-0.25, -0.2) is 13.4 Å². The summed E-state index contributed by atoms with van der Waals surface area (Å²) in [4.78, 5) is 16.4. The number of benzene rings is 1. The molecule has 23 heavy (non-hydrogen) atoms. The summed E-state index contributed by atoms with van der Waals surface area (Å²) in [7, 11) is -3.26. The van der Waals surface area contributed by atoms with Gasteiger partial charge in [-0.15, -0.1) is 0 Å². The number of rotatable bonds is 3. The highest BCUT2D eigenvalue weighted by Gasteiger charge is 2.28. The van der Waals surface area contributed by atoms with Gasteiger partial charge in [0.1, 0.15) is 5.82 Å². The van der Waals surface area contributed by atoms with E-state index in [9.17, 15) is 13.2 Å². The van der Waals surface area contributed by atoms with Gasteiger partial charge in [-0.05, 0) is 49.2 Å². The molecule has 1 aliphatic rings. The van der Waals surface area contributed by atoms with Crippen molar-refractivity contribution in [2.24, 2.45) is 0 Å². The molecule has 0 unspecified atom stereocenters. The molecule has 1 fully saturated rings. The lowest BCUT2D eigenvalue weighted by Gasteiger charge is -2.17. The lowest BCUT2D eigenvalue weighted by Crippen LogP contribution is -2.25. The fourth-order valence-electron chi connectivity index (χ4n) is 2.52. The maximum Gasteiger partial charge on any atom is 0.256 e. The number of hydrogen-bond acceptors (Lipinski definition) is 4. The summed E-state index contributed by atoms with van der Waals surface area (Å²) >= 11 is 0. The zero-order valence-electron chi connectivity index (χ0n) is 12.7. The van der Waals surface area contributed by atoms with Gasteiger partial charge in [-0.2, -0.15) is 0 Å². The molecule has 1 saturated heterocycles. The topological polar surface area (TPSA) is 79.4 Å². The number of sulfonamides is 1. The van der Waals surface area contributed by atoms with Crippen LogP contribution in [0.15, 0.2) is 42.6 Å². The van der Waals surface area contributed by atoms with Crippen LogP contribution in [0.5, 0.6) is 0 Å². The molecule has 2 heterocycles. The van der Waals surface area contributed by atoms with Crippen molar-refractivity contribution in [1.29, 1.82) is 0 Å². The van der Waals surface area contributed by atoms with Crippen LogP contribution in [0.2, 0.25) is 0 Å². The SMILES string of the molecule is Cc1ccnc(NC(=O)c2cccc(N3CCCS3(=O)=O)c2)c1. The van der Waals surface area contributed by atoms with Gasteiger partial charge in [0.15, 0.2) is 0 Å². The van der Waals surface area contributed by atoms with Crippen LogP contribution < -0.4 is 9.62 Å². The van der Waals surface area contributed by atoms with Crippen LogP contribution in [0, 0.1) is 6.92 Å². The third-order valence-electron chi connectivity index (χ3n) is 3.65. The summed E-state index contributed by atoms with van der Waals surface area (Å²) in [6.07, 6.45) is 2.23. The van der Waals surface area contributed by atoms with Gasteiger partial charge >= 0.3 is 0 Å². The van der Waals surface area contributed by atoms with Crippen LogP contribution in [-0.2, 0) is 10.0 Å². The maximum absolute atomic E-state index is 12.3. The Bertz CT molecular complexity index is 849. The number of carbonyl (C=O) groups excluding carboxylic acids is 1. The summed E-state index contributed by atoms with van der Waals surface area (Å²) in [6, 6.07) is 10.2. The highest BCUT2D eigenvalue weighted by Crippen LogP contribution is 2.25. The van der Waals surface area contributed by atoms with Crippen molar-refractivity contribution in [2.45, 2.75) is 13.3 Å². The first-order valence-electron chi connectivity index (χ1n) is 7.30. The number of nitrogens with zero attached hydrogens (tertiary/aromatic N) is 2. The fourth-order valence-corrected chi connectivity index (χ4v) is 4.08. The molecule has 0 bridgehead atoms. The molecule has 3 rings (SSSR count). The molecular formula is C16H17N3O3S. The summed E-state index contributed by atoms with van der Waals surface area (Å²) < 4.78 is 25.3. The molecule has 0 spiro atoms. The van der Waals surface area contributed by atoms with E-state index in [1.54, 1.807) is 36.5 Å². The summed E-state index contributed by atoms with van der Waals surface area (Å²) in [6.45, 7) is 2.36. The number of pyridine rings is 1. The first-order chi connectivity index (χ1) is 11.0. The third-order valence-corrected chi connectivity index (χ3v) is 5.52. The molecule has 1 amide bonds. The van der Waals surface area contributed by atoms with E-state index < -0.39 is 10.0 Å². The van der Waals surface area contributed by atoms with E-state index in [-0.39, 0.29) is 11.7 Å². The molecule has 1 aromatic carbocycles. The van der Waals surface area contributed by atoms with Crippen molar-refractivity contribution in [3.8, 4) is 0 Å². The van der Waals surface area contributed by atoms with Crippen molar-refractivity contribution in [3.05, 3.63) is 53.7 Å². The Morgan fingerprint density at radius 2 is 2.09 bits per heavy atom. The lowest BCUT2D eigenvalue weighted by atomic mass is 10.2. The lowest BCUT2D eigenvalue weighted by molar-refractivity contribution is 0.102. The van der Waals surface area contributed by atoms with E-state index in [1.807, 2.05) is 13.0 Å². The van der Waals surface area contributed by atoms with Crippen LogP contribution in [0.1, 0.15) is 22.3 Å². The average molecular weight is 331 g/mol. The van der Waals surface area contributed by atoms with Crippen molar-refractivity contribution in [2.75, 3.05) is 21.9 Å². The van der Waals surface area contributed by atoms with E-state index in [1.165, 1.54) is 4.31 Å². The van der Waals surface area contributed by atoms with Crippen molar-refractivity contribution in [3.63, 3.8) is 0 Å². The van der Waals surface area contributed by atoms with Crippen LogP contribution in [0.3, 0.4) is 0 Å². The van der Waals surface area contributed by atoms with E-state index in [0.717, 1.165) is 5.56 Å². The van der Waals surface area contributed by atoms with Gasteiger partial charge < -0.3 is 5.32 Å². The highest BCUT2D eigenvalue weighted by atomic mass is 32.2. The second-order valence-electron chi connectivity index (χ2n) is 5.46. The molecule has 0 aliphatic carbocycles. The van der Waals surface area contributed by atoms with Crippen LogP contribution >= 0.6 is 0 Å². The molecule has 1 aliphatic heterocycles. The number of aryl methyl sites for hydroxylation is 1. The molecule has 7 heteroatoms. The van der Waals surface area contributed by atoms with Crippen molar-refractivity contribution in [1.82, 2.24) is 4.98 Å². The molecule has 1 N–H and O–H groups in total. The highest BCUT2D eigenvalue weighted by molar-refractivity contribution is 7.93. The Kier molecular flexibility index (Phi) is 4.04. The van der Waals surface area contributed by atoms with Gasteiger partial charge in [0.05, 0.1) is 11.4 Å². The van der Waals surface area contributed by atoms with E-state index in [0.29, 0.717) is 30.0 Å². The Morgan fingerprint density at radius 3 is 2.78 bits per heavy atom. The monoisotopic (exact) mass is 331 g/mol. The number of carbonyl (C=O) groups is 1. The predicted octanol–water partition coefficient (Wildman–Crippen LogP) is 2.18. The summed E-state index contributed by atoms with van der Waals surface area (Å²) in [5, 5.41) is 2.72.